The third-order valence-electron chi connectivity index (χ3n) is 2.30. The van der Waals surface area contributed by atoms with Crippen LogP contribution in [0.15, 0.2) is 18.3 Å². The summed E-state index contributed by atoms with van der Waals surface area (Å²) in [6.45, 7) is 2.21. The molecule has 0 aliphatic carbocycles. The van der Waals surface area contributed by atoms with Crippen LogP contribution in [0.25, 0.3) is 0 Å². The largest absolute Gasteiger partial charge is 0.370 e. The van der Waals surface area contributed by atoms with Gasteiger partial charge in [-0.15, -0.1) is 0 Å². The molecule has 0 bridgehead atoms. The zero-order valence-electron chi connectivity index (χ0n) is 7.14. The Labute approximate surface area is 72.6 Å². The summed E-state index contributed by atoms with van der Waals surface area (Å²) in [4.78, 5) is 3.12. The smallest absolute Gasteiger partial charge is 0.103 e. The highest BCUT2D eigenvalue weighted by Crippen LogP contribution is 2.06. The van der Waals surface area contributed by atoms with Gasteiger partial charge in [-0.3, -0.25) is 0 Å². The fraction of sp³-hybridized carbons (Fsp3) is 0.556. The number of nitrogens with one attached hydrogen (secondary N) is 3. The van der Waals surface area contributed by atoms with Gasteiger partial charge in [0.2, 0.25) is 0 Å². The van der Waals surface area contributed by atoms with Crippen LogP contribution in [0.5, 0.6) is 0 Å². The van der Waals surface area contributed by atoms with E-state index in [9.17, 15) is 0 Å². The van der Waals surface area contributed by atoms with Crippen molar-refractivity contribution in [2.45, 2.75) is 18.9 Å². The number of H-pyrrole nitrogens is 1. The SMILES string of the molecule is c1c[nH]c(NCC2CCCN2)c1. The Morgan fingerprint density at radius 2 is 2.58 bits per heavy atom. The van der Waals surface area contributed by atoms with Crippen LogP contribution in [0, 0.1) is 0 Å². The number of hydrogen-bond donors (Lipinski definition) is 3. The van der Waals surface area contributed by atoms with E-state index in [-0.39, 0.29) is 0 Å². The Kier molecular flexibility index (Phi) is 2.32. The first-order chi connectivity index (χ1) is 5.95. The van der Waals surface area contributed by atoms with E-state index in [1.165, 1.54) is 19.4 Å². The van der Waals surface area contributed by atoms with Crippen LogP contribution in [-0.2, 0) is 0 Å². The van der Waals surface area contributed by atoms with E-state index in [2.05, 4.69) is 21.7 Å². The second-order valence-electron chi connectivity index (χ2n) is 3.26. The van der Waals surface area contributed by atoms with E-state index in [1.807, 2.05) is 12.3 Å². The van der Waals surface area contributed by atoms with Gasteiger partial charge < -0.3 is 15.6 Å². The normalized spacial score (nSPS) is 22.8. The summed E-state index contributed by atoms with van der Waals surface area (Å²) < 4.78 is 0. The molecule has 12 heavy (non-hydrogen) atoms. The topological polar surface area (TPSA) is 39.9 Å². The highest BCUT2D eigenvalue weighted by atomic mass is 15.0. The Morgan fingerprint density at radius 3 is 3.25 bits per heavy atom. The van der Waals surface area contributed by atoms with Gasteiger partial charge in [0.1, 0.15) is 5.82 Å². The molecule has 0 aromatic carbocycles. The third-order valence-corrected chi connectivity index (χ3v) is 2.30. The van der Waals surface area contributed by atoms with E-state index in [0.717, 1.165) is 12.4 Å². The fourth-order valence-corrected chi connectivity index (χ4v) is 1.60. The number of hydrogen-bond acceptors (Lipinski definition) is 2. The van der Waals surface area contributed by atoms with Gasteiger partial charge >= 0.3 is 0 Å². The second kappa shape index (κ2) is 3.63. The van der Waals surface area contributed by atoms with Crippen LogP contribution >= 0.6 is 0 Å². The average Bonchev–Trinajstić information content (AvgIpc) is 2.74. The number of aromatic nitrogens is 1. The number of rotatable bonds is 3. The van der Waals surface area contributed by atoms with Gasteiger partial charge in [-0.25, -0.2) is 0 Å². The molecule has 3 nitrogen and oxygen atoms in total. The summed E-state index contributed by atoms with van der Waals surface area (Å²) in [6.07, 6.45) is 4.55. The predicted molar refractivity (Wildman–Crippen MR) is 50.3 cm³/mol. The molecule has 2 heterocycles. The molecule has 3 heteroatoms. The van der Waals surface area contributed by atoms with Crippen LogP contribution in [-0.4, -0.2) is 24.1 Å². The molecule has 66 valence electrons. The summed E-state index contributed by atoms with van der Waals surface area (Å²) in [7, 11) is 0. The Bertz CT molecular complexity index is 212. The predicted octanol–water partition coefficient (Wildman–Crippen LogP) is 1.18. The lowest BCUT2D eigenvalue weighted by Gasteiger charge is -2.10. The minimum absolute atomic E-state index is 0.660. The molecule has 0 radical (unpaired) electrons. The van der Waals surface area contributed by atoms with E-state index in [1.54, 1.807) is 0 Å². The van der Waals surface area contributed by atoms with Crippen molar-refractivity contribution in [3.63, 3.8) is 0 Å². The van der Waals surface area contributed by atoms with Gasteiger partial charge in [0, 0.05) is 18.8 Å². The second-order valence-corrected chi connectivity index (χ2v) is 3.26. The molecule has 2 rings (SSSR count). The van der Waals surface area contributed by atoms with Crippen molar-refractivity contribution in [2.75, 3.05) is 18.4 Å². The molecule has 1 unspecified atom stereocenters. The Hall–Kier alpha value is -0.960. The third kappa shape index (κ3) is 1.80. The molecule has 1 aliphatic heterocycles. The summed E-state index contributed by atoms with van der Waals surface area (Å²) in [5, 5.41) is 6.79. The summed E-state index contributed by atoms with van der Waals surface area (Å²) >= 11 is 0. The van der Waals surface area contributed by atoms with Crippen molar-refractivity contribution in [1.29, 1.82) is 0 Å². The van der Waals surface area contributed by atoms with E-state index in [0.29, 0.717) is 6.04 Å². The maximum atomic E-state index is 3.44. The van der Waals surface area contributed by atoms with E-state index in [4.69, 9.17) is 0 Å². The highest BCUT2D eigenvalue weighted by molar-refractivity contribution is 5.34. The lowest BCUT2D eigenvalue weighted by atomic mass is 10.2. The molecule has 0 amide bonds. The van der Waals surface area contributed by atoms with Crippen LogP contribution in [0.2, 0.25) is 0 Å². The maximum absolute atomic E-state index is 3.44. The van der Waals surface area contributed by atoms with Gasteiger partial charge in [0.25, 0.3) is 0 Å². The molecule has 0 saturated carbocycles. The van der Waals surface area contributed by atoms with Crippen LogP contribution in [0.1, 0.15) is 12.8 Å². The molecule has 1 fully saturated rings. The first-order valence-corrected chi connectivity index (χ1v) is 4.56. The van der Waals surface area contributed by atoms with Crippen molar-refractivity contribution in [1.82, 2.24) is 10.3 Å². The van der Waals surface area contributed by atoms with E-state index < -0.39 is 0 Å². The summed E-state index contributed by atoms with van der Waals surface area (Å²) in [5.41, 5.74) is 0. The van der Waals surface area contributed by atoms with Crippen molar-refractivity contribution in [3.8, 4) is 0 Å². The highest BCUT2D eigenvalue weighted by Gasteiger charge is 2.12. The molecule has 0 spiro atoms. The van der Waals surface area contributed by atoms with Crippen molar-refractivity contribution in [2.24, 2.45) is 0 Å². The quantitative estimate of drug-likeness (QED) is 0.629. The molecular weight excluding hydrogens is 150 g/mol. The zero-order chi connectivity index (χ0) is 8.23. The van der Waals surface area contributed by atoms with Crippen LogP contribution < -0.4 is 10.6 Å². The molecular formula is C9H15N3. The Balaban J connectivity index is 1.74. The van der Waals surface area contributed by atoms with Gasteiger partial charge in [-0.05, 0) is 31.5 Å². The van der Waals surface area contributed by atoms with Crippen LogP contribution in [0.3, 0.4) is 0 Å². The van der Waals surface area contributed by atoms with Gasteiger partial charge in [0.15, 0.2) is 0 Å². The van der Waals surface area contributed by atoms with Gasteiger partial charge in [-0.1, -0.05) is 0 Å². The molecule has 1 aromatic rings. The number of anilines is 1. The monoisotopic (exact) mass is 165 g/mol. The molecule has 3 N–H and O–H groups in total. The van der Waals surface area contributed by atoms with Gasteiger partial charge in [0.05, 0.1) is 0 Å². The Morgan fingerprint density at radius 1 is 1.58 bits per heavy atom. The van der Waals surface area contributed by atoms with Crippen molar-refractivity contribution >= 4 is 5.82 Å². The molecule has 1 aliphatic rings. The van der Waals surface area contributed by atoms with Crippen molar-refractivity contribution in [3.05, 3.63) is 18.3 Å². The maximum Gasteiger partial charge on any atom is 0.103 e. The van der Waals surface area contributed by atoms with Gasteiger partial charge in [-0.2, -0.15) is 0 Å². The van der Waals surface area contributed by atoms with Crippen molar-refractivity contribution < 1.29 is 0 Å². The molecule has 1 atom stereocenters. The fourth-order valence-electron chi connectivity index (χ4n) is 1.60. The average molecular weight is 165 g/mol. The lowest BCUT2D eigenvalue weighted by molar-refractivity contribution is 0.633. The first-order valence-electron chi connectivity index (χ1n) is 4.56. The summed E-state index contributed by atoms with van der Waals surface area (Å²) in [6, 6.07) is 4.72. The standard InChI is InChI=1S/C9H15N3/c1-3-8(10-5-1)7-12-9-4-2-6-11-9/h2,4,6,8,10-12H,1,3,5,7H2. The number of aromatic amines is 1. The zero-order valence-corrected chi connectivity index (χ0v) is 7.14. The minimum Gasteiger partial charge on any atom is -0.370 e. The molecule has 1 aromatic heterocycles. The molecule has 1 saturated heterocycles. The van der Waals surface area contributed by atoms with E-state index >= 15 is 0 Å². The minimum atomic E-state index is 0.660. The van der Waals surface area contributed by atoms with Crippen LogP contribution in [0.4, 0.5) is 5.82 Å². The summed E-state index contributed by atoms with van der Waals surface area (Å²) in [5.74, 6) is 1.11. The lowest BCUT2D eigenvalue weighted by Crippen LogP contribution is -2.29. The first kappa shape index (κ1) is 7.68.